The zero-order chi connectivity index (χ0) is 10.1. The molecule has 0 aliphatic carbocycles. The van der Waals surface area contributed by atoms with Gasteiger partial charge in [-0.1, -0.05) is 0 Å². The van der Waals surface area contributed by atoms with E-state index in [-0.39, 0.29) is 0 Å². The molecule has 0 saturated carbocycles. The molecule has 1 amide bonds. The Kier molecular flexibility index (Phi) is 7.48. The standard InChI is InChI=1S/C8H15NO3S/c1-12-8(11)7(10)9-5-3-4-6-13-2/h3-6H2,1-2H3,(H,9,10). The molecular formula is C8H15NO3S. The Morgan fingerprint density at radius 2 is 2.08 bits per heavy atom. The first kappa shape index (κ1) is 12.3. The molecule has 0 aliphatic heterocycles. The first-order valence-electron chi connectivity index (χ1n) is 4.07. The van der Waals surface area contributed by atoms with Crippen LogP contribution in [0.4, 0.5) is 0 Å². The molecule has 0 rings (SSSR count). The molecule has 4 nitrogen and oxygen atoms in total. The molecule has 0 radical (unpaired) electrons. The lowest BCUT2D eigenvalue weighted by atomic mass is 10.3. The average Bonchev–Trinajstić information content (AvgIpc) is 2.16. The van der Waals surface area contributed by atoms with E-state index in [1.165, 1.54) is 7.11 Å². The topological polar surface area (TPSA) is 55.4 Å². The third-order valence-electron chi connectivity index (χ3n) is 1.43. The summed E-state index contributed by atoms with van der Waals surface area (Å²) >= 11 is 1.77. The van der Waals surface area contributed by atoms with Crippen molar-refractivity contribution in [1.29, 1.82) is 0 Å². The Labute approximate surface area is 82.4 Å². The molecular weight excluding hydrogens is 190 g/mol. The molecule has 0 aromatic carbocycles. The molecule has 0 unspecified atom stereocenters. The summed E-state index contributed by atoms with van der Waals surface area (Å²) in [6, 6.07) is 0. The largest absolute Gasteiger partial charge is 0.462 e. The number of thioether (sulfide) groups is 1. The van der Waals surface area contributed by atoms with Gasteiger partial charge >= 0.3 is 11.9 Å². The lowest BCUT2D eigenvalue weighted by Gasteiger charge is -2.02. The van der Waals surface area contributed by atoms with Gasteiger partial charge in [-0.25, -0.2) is 4.79 Å². The van der Waals surface area contributed by atoms with E-state index in [2.05, 4.69) is 10.1 Å². The Morgan fingerprint density at radius 1 is 1.38 bits per heavy atom. The highest BCUT2D eigenvalue weighted by molar-refractivity contribution is 7.98. The highest BCUT2D eigenvalue weighted by atomic mass is 32.2. The van der Waals surface area contributed by atoms with Gasteiger partial charge in [0.25, 0.3) is 0 Å². The van der Waals surface area contributed by atoms with E-state index in [4.69, 9.17) is 0 Å². The number of carbonyl (C=O) groups excluding carboxylic acids is 2. The second kappa shape index (κ2) is 7.91. The summed E-state index contributed by atoms with van der Waals surface area (Å²) in [6.45, 7) is 0.536. The van der Waals surface area contributed by atoms with Crippen molar-refractivity contribution < 1.29 is 14.3 Å². The van der Waals surface area contributed by atoms with Crippen LogP contribution in [0.3, 0.4) is 0 Å². The number of unbranched alkanes of at least 4 members (excludes halogenated alkanes) is 1. The third kappa shape index (κ3) is 6.45. The molecule has 0 aliphatic rings. The quantitative estimate of drug-likeness (QED) is 0.401. The third-order valence-corrected chi connectivity index (χ3v) is 2.13. The Bertz CT molecular complexity index is 173. The molecule has 76 valence electrons. The summed E-state index contributed by atoms with van der Waals surface area (Å²) in [7, 11) is 1.19. The van der Waals surface area contributed by atoms with Crippen LogP contribution >= 0.6 is 11.8 Å². The van der Waals surface area contributed by atoms with Gasteiger partial charge in [-0.3, -0.25) is 4.79 Å². The van der Waals surface area contributed by atoms with Crippen molar-refractivity contribution in [3.8, 4) is 0 Å². The Balaban J connectivity index is 3.32. The predicted octanol–water partition coefficient (Wildman–Crippen LogP) is 0.419. The van der Waals surface area contributed by atoms with Gasteiger partial charge < -0.3 is 10.1 Å². The lowest BCUT2D eigenvalue weighted by molar-refractivity contribution is -0.152. The minimum Gasteiger partial charge on any atom is -0.462 e. The fourth-order valence-electron chi connectivity index (χ4n) is 0.738. The van der Waals surface area contributed by atoms with Crippen LogP contribution in [0.15, 0.2) is 0 Å². The summed E-state index contributed by atoms with van der Waals surface area (Å²) in [4.78, 5) is 21.4. The van der Waals surface area contributed by atoms with Crippen molar-refractivity contribution in [2.75, 3.05) is 25.7 Å². The van der Waals surface area contributed by atoms with E-state index in [0.717, 1.165) is 18.6 Å². The monoisotopic (exact) mass is 205 g/mol. The molecule has 0 bridgehead atoms. The van der Waals surface area contributed by atoms with Crippen LogP contribution in [0.1, 0.15) is 12.8 Å². The van der Waals surface area contributed by atoms with Gasteiger partial charge in [0, 0.05) is 6.54 Å². The normalized spacial score (nSPS) is 9.38. The minimum absolute atomic E-state index is 0.536. The molecule has 0 heterocycles. The number of methoxy groups -OCH3 is 1. The van der Waals surface area contributed by atoms with Crippen molar-refractivity contribution in [1.82, 2.24) is 5.32 Å². The highest BCUT2D eigenvalue weighted by Crippen LogP contribution is 1.97. The lowest BCUT2D eigenvalue weighted by Crippen LogP contribution is -2.32. The van der Waals surface area contributed by atoms with E-state index in [1.807, 2.05) is 6.26 Å². The number of carbonyl (C=O) groups is 2. The van der Waals surface area contributed by atoms with E-state index < -0.39 is 11.9 Å². The smallest absolute Gasteiger partial charge is 0.396 e. The molecule has 0 atom stereocenters. The van der Waals surface area contributed by atoms with Crippen LogP contribution in [0.25, 0.3) is 0 Å². The van der Waals surface area contributed by atoms with Gasteiger partial charge in [0.05, 0.1) is 7.11 Å². The summed E-state index contributed by atoms with van der Waals surface area (Å²) in [5.41, 5.74) is 0. The van der Waals surface area contributed by atoms with E-state index >= 15 is 0 Å². The van der Waals surface area contributed by atoms with Crippen molar-refractivity contribution in [2.24, 2.45) is 0 Å². The molecule has 13 heavy (non-hydrogen) atoms. The van der Waals surface area contributed by atoms with Crippen LogP contribution in [-0.4, -0.2) is 37.5 Å². The van der Waals surface area contributed by atoms with Gasteiger partial charge in [0.15, 0.2) is 0 Å². The van der Waals surface area contributed by atoms with Crippen LogP contribution in [-0.2, 0) is 14.3 Å². The maximum absolute atomic E-state index is 10.8. The summed E-state index contributed by atoms with van der Waals surface area (Å²) in [5, 5.41) is 2.47. The number of amides is 1. The summed E-state index contributed by atoms with van der Waals surface area (Å²) in [6.07, 6.45) is 3.97. The maximum atomic E-state index is 10.8. The molecule has 0 fully saturated rings. The van der Waals surface area contributed by atoms with Crippen molar-refractivity contribution >= 4 is 23.6 Å². The number of esters is 1. The second-order valence-corrected chi connectivity index (χ2v) is 3.43. The van der Waals surface area contributed by atoms with Crippen LogP contribution in [0.2, 0.25) is 0 Å². The Hall–Kier alpha value is -0.710. The molecule has 0 aromatic rings. The first-order valence-corrected chi connectivity index (χ1v) is 5.46. The highest BCUT2D eigenvalue weighted by Gasteiger charge is 2.11. The average molecular weight is 205 g/mol. The van der Waals surface area contributed by atoms with E-state index in [9.17, 15) is 9.59 Å². The van der Waals surface area contributed by atoms with Gasteiger partial charge in [-0.15, -0.1) is 0 Å². The zero-order valence-electron chi connectivity index (χ0n) is 7.96. The van der Waals surface area contributed by atoms with E-state index in [0.29, 0.717) is 6.54 Å². The fraction of sp³-hybridized carbons (Fsp3) is 0.750. The number of rotatable bonds is 5. The van der Waals surface area contributed by atoms with Crippen LogP contribution < -0.4 is 5.32 Å². The van der Waals surface area contributed by atoms with Crippen molar-refractivity contribution in [2.45, 2.75) is 12.8 Å². The molecule has 1 N–H and O–H groups in total. The van der Waals surface area contributed by atoms with Gasteiger partial charge in [0.2, 0.25) is 0 Å². The fourth-order valence-corrected chi connectivity index (χ4v) is 1.23. The molecule has 0 spiro atoms. The summed E-state index contributed by atoms with van der Waals surface area (Å²) < 4.78 is 4.24. The second-order valence-electron chi connectivity index (χ2n) is 2.45. The SMILES string of the molecule is COC(=O)C(=O)NCCCCSC. The van der Waals surface area contributed by atoms with E-state index in [1.54, 1.807) is 11.8 Å². The number of hydrogen-bond acceptors (Lipinski definition) is 4. The van der Waals surface area contributed by atoms with Crippen molar-refractivity contribution in [3.05, 3.63) is 0 Å². The zero-order valence-corrected chi connectivity index (χ0v) is 8.78. The Morgan fingerprint density at radius 3 is 2.62 bits per heavy atom. The molecule has 0 aromatic heterocycles. The summed E-state index contributed by atoms with van der Waals surface area (Å²) in [5.74, 6) is -0.412. The van der Waals surface area contributed by atoms with Crippen LogP contribution in [0, 0.1) is 0 Å². The number of ether oxygens (including phenoxy) is 1. The van der Waals surface area contributed by atoms with Crippen LogP contribution in [0.5, 0.6) is 0 Å². The molecule has 0 saturated heterocycles. The van der Waals surface area contributed by atoms with Crippen molar-refractivity contribution in [3.63, 3.8) is 0 Å². The minimum atomic E-state index is -0.829. The number of hydrogen-bond donors (Lipinski definition) is 1. The first-order chi connectivity index (χ1) is 6.22. The number of nitrogens with one attached hydrogen (secondary N) is 1. The predicted molar refractivity (Wildman–Crippen MR) is 52.6 cm³/mol. The van der Waals surface area contributed by atoms with Gasteiger partial charge in [-0.2, -0.15) is 11.8 Å². The van der Waals surface area contributed by atoms with Gasteiger partial charge in [-0.05, 0) is 24.9 Å². The van der Waals surface area contributed by atoms with Gasteiger partial charge in [0.1, 0.15) is 0 Å². The maximum Gasteiger partial charge on any atom is 0.396 e. The molecule has 5 heteroatoms.